The molecule has 1 amide bonds. The van der Waals surface area contributed by atoms with Crippen molar-refractivity contribution in [1.82, 2.24) is 14.0 Å². The van der Waals surface area contributed by atoms with E-state index in [0.717, 1.165) is 20.8 Å². The maximum absolute atomic E-state index is 13.4. The number of carbonyl (C=O) groups excluding carboxylic acids is 1. The van der Waals surface area contributed by atoms with Crippen LogP contribution in [0.25, 0.3) is 10.4 Å². The number of likely N-dealkylation sites (N-methyl/N-ethyl adjacent to an activating group) is 1. The monoisotopic (exact) mass is 480 g/mol. The van der Waals surface area contributed by atoms with Crippen LogP contribution in [0.3, 0.4) is 0 Å². The number of carbonyl (C=O) groups is 1. The Morgan fingerprint density at radius 2 is 2.03 bits per heavy atom. The molecular weight excluding hydrogens is 463 g/mol. The van der Waals surface area contributed by atoms with E-state index >= 15 is 0 Å². The van der Waals surface area contributed by atoms with Crippen molar-refractivity contribution in [3.8, 4) is 10.4 Å². The predicted octanol–water partition coefficient (Wildman–Crippen LogP) is 3.82. The van der Waals surface area contributed by atoms with Crippen LogP contribution in [0.2, 0.25) is 5.02 Å². The van der Waals surface area contributed by atoms with Crippen LogP contribution in [0.1, 0.15) is 17.5 Å². The molecule has 1 saturated heterocycles. The average Bonchev–Trinajstić information content (AvgIpc) is 3.23. The van der Waals surface area contributed by atoms with Gasteiger partial charge in [-0.25, -0.2) is 9.37 Å². The van der Waals surface area contributed by atoms with E-state index in [-0.39, 0.29) is 17.1 Å². The molecule has 4 rings (SSSR count). The number of rotatable bonds is 4. The Morgan fingerprint density at radius 3 is 2.74 bits per heavy atom. The molecule has 1 aliphatic heterocycles. The molecule has 2 aromatic carbocycles. The van der Waals surface area contributed by atoms with Crippen molar-refractivity contribution in [3.63, 3.8) is 0 Å². The van der Waals surface area contributed by atoms with E-state index in [1.807, 2.05) is 30.3 Å². The zero-order chi connectivity index (χ0) is 22.2. The molecule has 11 heteroatoms. The molecule has 0 bridgehead atoms. The Kier molecular flexibility index (Phi) is 6.09. The van der Waals surface area contributed by atoms with Crippen LogP contribution in [-0.4, -0.2) is 36.7 Å². The molecule has 0 aliphatic carbocycles. The van der Waals surface area contributed by atoms with Gasteiger partial charge in [0, 0.05) is 18.9 Å². The number of aromatic nitrogens is 1. The van der Waals surface area contributed by atoms with Crippen LogP contribution in [0.5, 0.6) is 0 Å². The maximum atomic E-state index is 13.4. The quantitative estimate of drug-likeness (QED) is 0.593. The first kappa shape index (κ1) is 21.8. The van der Waals surface area contributed by atoms with Crippen molar-refractivity contribution in [3.05, 3.63) is 70.6 Å². The van der Waals surface area contributed by atoms with Crippen LogP contribution < -0.4 is 10.0 Å². The van der Waals surface area contributed by atoms with E-state index in [0.29, 0.717) is 5.01 Å². The fourth-order valence-electron chi connectivity index (χ4n) is 3.26. The number of hydrogen-bond acceptors (Lipinski definition) is 5. The summed E-state index contributed by atoms with van der Waals surface area (Å²) in [5, 5.41) is 3.04. The lowest BCUT2D eigenvalue weighted by molar-refractivity contribution is -0.120. The summed E-state index contributed by atoms with van der Waals surface area (Å²) in [6.45, 7) is 0. The number of nitrogens with zero attached hydrogens (tertiary/aromatic N) is 2. The van der Waals surface area contributed by atoms with Crippen molar-refractivity contribution in [2.75, 3.05) is 12.4 Å². The first-order chi connectivity index (χ1) is 14.7. The van der Waals surface area contributed by atoms with E-state index in [1.165, 1.54) is 30.5 Å². The van der Waals surface area contributed by atoms with Crippen LogP contribution in [0.15, 0.2) is 54.7 Å². The largest absolute Gasteiger partial charge is 0.325 e. The standard InChI is InChI=1S/C20H18ClFN4O3S2/c1-26-17(19(27)24-13-7-8-15(22)14(21)9-13)10-16(25-31(26,28)29)20-23-11-18(30-20)12-5-3-2-4-6-12/h2-9,11,16-17,25H,10H2,1H3,(H,24,27)/t16-,17+/m1/s1. The number of anilines is 1. The highest BCUT2D eigenvalue weighted by Crippen LogP contribution is 2.34. The number of halogens is 2. The van der Waals surface area contributed by atoms with E-state index < -0.39 is 34.0 Å². The minimum Gasteiger partial charge on any atom is -0.325 e. The minimum atomic E-state index is -3.91. The van der Waals surface area contributed by atoms with E-state index in [1.54, 1.807) is 6.20 Å². The number of thiazole rings is 1. The van der Waals surface area contributed by atoms with Crippen LogP contribution in [0, 0.1) is 5.82 Å². The first-order valence-corrected chi connectivity index (χ1v) is 11.9. The van der Waals surface area contributed by atoms with Gasteiger partial charge in [0.1, 0.15) is 16.9 Å². The third kappa shape index (κ3) is 4.63. The molecule has 1 aromatic heterocycles. The van der Waals surface area contributed by atoms with Gasteiger partial charge in [-0.3, -0.25) is 4.79 Å². The third-order valence-corrected chi connectivity index (χ3v) is 7.98. The summed E-state index contributed by atoms with van der Waals surface area (Å²) in [5.41, 5.74) is 1.25. The number of benzene rings is 2. The summed E-state index contributed by atoms with van der Waals surface area (Å²) < 4.78 is 42.2. The highest BCUT2D eigenvalue weighted by Gasteiger charge is 2.41. The second-order valence-corrected chi connectivity index (χ2v) is 10.2. The number of hydrogen-bond donors (Lipinski definition) is 2. The van der Waals surface area contributed by atoms with Crippen LogP contribution >= 0.6 is 22.9 Å². The van der Waals surface area contributed by atoms with E-state index in [4.69, 9.17) is 11.6 Å². The Bertz CT molecular complexity index is 1220. The Hall–Kier alpha value is -2.37. The topological polar surface area (TPSA) is 91.4 Å². The third-order valence-electron chi connectivity index (χ3n) is 4.94. The van der Waals surface area contributed by atoms with Gasteiger partial charge in [0.2, 0.25) is 5.91 Å². The van der Waals surface area contributed by atoms with Gasteiger partial charge in [0.05, 0.1) is 15.9 Å². The lowest BCUT2D eigenvalue weighted by atomic mass is 10.1. The number of nitrogens with one attached hydrogen (secondary N) is 2. The summed E-state index contributed by atoms with van der Waals surface area (Å²) in [4.78, 5) is 18.2. The molecule has 2 heterocycles. The van der Waals surface area contributed by atoms with Gasteiger partial charge in [-0.15, -0.1) is 11.3 Å². The molecule has 0 radical (unpaired) electrons. The SMILES string of the molecule is CN1[C@H](C(=O)Nc2ccc(F)c(Cl)c2)C[C@H](c2ncc(-c3ccccc3)s2)NS1(=O)=O. The molecule has 7 nitrogen and oxygen atoms in total. The first-order valence-electron chi connectivity index (χ1n) is 9.27. The summed E-state index contributed by atoms with van der Waals surface area (Å²) in [7, 11) is -2.58. The molecule has 0 saturated carbocycles. The lowest BCUT2D eigenvalue weighted by Crippen LogP contribution is -2.55. The van der Waals surface area contributed by atoms with E-state index in [2.05, 4.69) is 15.0 Å². The number of amides is 1. The van der Waals surface area contributed by atoms with Crippen molar-refractivity contribution in [2.24, 2.45) is 0 Å². The highest BCUT2D eigenvalue weighted by atomic mass is 35.5. The van der Waals surface area contributed by atoms with Gasteiger partial charge in [0.25, 0.3) is 10.2 Å². The van der Waals surface area contributed by atoms with E-state index in [9.17, 15) is 17.6 Å². The lowest BCUT2D eigenvalue weighted by Gasteiger charge is -2.35. The van der Waals surface area contributed by atoms with Gasteiger partial charge in [-0.1, -0.05) is 41.9 Å². The molecular formula is C20H18ClFN4O3S2. The normalized spacial score (nSPS) is 21.0. The van der Waals surface area contributed by atoms with Gasteiger partial charge < -0.3 is 5.32 Å². The maximum Gasteiger partial charge on any atom is 0.280 e. The van der Waals surface area contributed by atoms with Crippen molar-refractivity contribution in [1.29, 1.82) is 0 Å². The zero-order valence-corrected chi connectivity index (χ0v) is 18.6. The summed E-state index contributed by atoms with van der Waals surface area (Å²) in [6, 6.07) is 11.7. The smallest absolute Gasteiger partial charge is 0.280 e. The zero-order valence-electron chi connectivity index (χ0n) is 16.2. The van der Waals surface area contributed by atoms with Gasteiger partial charge in [-0.2, -0.15) is 17.4 Å². The Labute approximate surface area is 188 Å². The van der Waals surface area contributed by atoms with Crippen molar-refractivity contribution in [2.45, 2.75) is 18.5 Å². The average molecular weight is 481 g/mol. The van der Waals surface area contributed by atoms with Gasteiger partial charge in [0.15, 0.2) is 0 Å². The molecule has 2 N–H and O–H groups in total. The van der Waals surface area contributed by atoms with Gasteiger partial charge >= 0.3 is 0 Å². The Balaban J connectivity index is 1.57. The fraction of sp³-hybridized carbons (Fsp3) is 0.200. The molecule has 31 heavy (non-hydrogen) atoms. The highest BCUT2D eigenvalue weighted by molar-refractivity contribution is 7.87. The molecule has 162 valence electrons. The molecule has 0 spiro atoms. The van der Waals surface area contributed by atoms with Gasteiger partial charge in [-0.05, 0) is 30.2 Å². The fourth-order valence-corrected chi connectivity index (χ4v) is 5.75. The van der Waals surface area contributed by atoms with Crippen LogP contribution in [0.4, 0.5) is 10.1 Å². The van der Waals surface area contributed by atoms with Crippen LogP contribution in [-0.2, 0) is 15.0 Å². The molecule has 1 aliphatic rings. The second kappa shape index (κ2) is 8.64. The second-order valence-electron chi connectivity index (χ2n) is 6.99. The van der Waals surface area contributed by atoms with Crippen molar-refractivity contribution < 1.29 is 17.6 Å². The predicted molar refractivity (Wildman–Crippen MR) is 119 cm³/mol. The minimum absolute atomic E-state index is 0.141. The van der Waals surface area contributed by atoms with Crippen molar-refractivity contribution >= 4 is 44.7 Å². The molecule has 3 aromatic rings. The molecule has 2 atom stereocenters. The summed E-state index contributed by atoms with van der Waals surface area (Å²) >= 11 is 7.13. The summed E-state index contributed by atoms with van der Waals surface area (Å²) in [6.07, 6.45) is 1.87. The Morgan fingerprint density at radius 1 is 1.29 bits per heavy atom. The summed E-state index contributed by atoms with van der Waals surface area (Å²) in [5.74, 6) is -1.15. The molecule has 0 unspecified atom stereocenters. The molecule has 1 fully saturated rings.